The molecule has 1 amide bonds. The zero-order chi connectivity index (χ0) is 20.2. The second-order valence-electron chi connectivity index (χ2n) is 6.25. The van der Waals surface area contributed by atoms with Crippen molar-refractivity contribution in [3.8, 4) is 22.9 Å². The summed E-state index contributed by atoms with van der Waals surface area (Å²) < 4.78 is 21.2. The largest absolute Gasteiger partial charge is 0.493 e. The van der Waals surface area contributed by atoms with Gasteiger partial charge in [0, 0.05) is 38.2 Å². The van der Waals surface area contributed by atoms with Crippen molar-refractivity contribution in [2.24, 2.45) is 0 Å². The average molecular weight is 391 g/mol. The summed E-state index contributed by atoms with van der Waals surface area (Å²) in [6, 6.07) is 5.39. The van der Waals surface area contributed by atoms with Gasteiger partial charge in [0.25, 0.3) is 0 Å². The lowest BCUT2D eigenvalue weighted by Gasteiger charge is -2.07. The Hall–Kier alpha value is -2.61. The van der Waals surface area contributed by atoms with Crippen LogP contribution in [0.25, 0.3) is 11.4 Å². The van der Waals surface area contributed by atoms with Crippen molar-refractivity contribution in [2.45, 2.75) is 39.0 Å². The number of carbonyl (C=O) groups excluding carboxylic acids is 1. The van der Waals surface area contributed by atoms with Gasteiger partial charge in [0.1, 0.15) is 0 Å². The lowest BCUT2D eigenvalue weighted by molar-refractivity contribution is -0.121. The molecule has 2 aromatic rings. The Bertz CT molecular complexity index is 732. The molecule has 8 heteroatoms. The molecule has 0 spiro atoms. The molecule has 28 heavy (non-hydrogen) atoms. The van der Waals surface area contributed by atoms with Gasteiger partial charge in [-0.1, -0.05) is 18.5 Å². The van der Waals surface area contributed by atoms with Crippen molar-refractivity contribution in [3.63, 3.8) is 0 Å². The van der Waals surface area contributed by atoms with E-state index in [1.165, 1.54) is 0 Å². The molecule has 0 aliphatic rings. The van der Waals surface area contributed by atoms with Crippen molar-refractivity contribution in [3.05, 3.63) is 24.1 Å². The van der Waals surface area contributed by atoms with Crippen LogP contribution in [0.1, 0.15) is 38.5 Å². The maximum Gasteiger partial charge on any atom is 0.227 e. The van der Waals surface area contributed by atoms with E-state index in [0.717, 1.165) is 31.4 Å². The average Bonchev–Trinajstić information content (AvgIpc) is 3.20. The molecule has 0 saturated heterocycles. The first-order valence-corrected chi connectivity index (χ1v) is 9.57. The number of aryl methyl sites for hydroxylation is 1. The third-order valence-electron chi connectivity index (χ3n) is 4.11. The number of aromatic nitrogens is 2. The minimum absolute atomic E-state index is 0.0422. The quantitative estimate of drug-likeness (QED) is 0.524. The standard InChI is InChI=1S/C20H29N3O5/c1-4-5-12-27-13-6-11-21-18(24)9-10-19-22-20(23-28-19)15-7-8-16(25-2)17(14-15)26-3/h7-8,14H,4-6,9-13H2,1-3H3,(H,21,24). The molecule has 0 radical (unpaired) electrons. The van der Waals surface area contributed by atoms with Crippen LogP contribution in [0.3, 0.4) is 0 Å². The number of benzene rings is 1. The van der Waals surface area contributed by atoms with E-state index in [9.17, 15) is 4.79 Å². The van der Waals surface area contributed by atoms with Crippen LogP contribution in [-0.2, 0) is 16.0 Å². The first-order valence-electron chi connectivity index (χ1n) is 9.57. The summed E-state index contributed by atoms with van der Waals surface area (Å²) in [5.74, 6) is 2.04. The molecule has 0 saturated carbocycles. The smallest absolute Gasteiger partial charge is 0.227 e. The van der Waals surface area contributed by atoms with Crippen molar-refractivity contribution in [2.75, 3.05) is 34.0 Å². The number of carbonyl (C=O) groups is 1. The van der Waals surface area contributed by atoms with Gasteiger partial charge in [0.15, 0.2) is 11.5 Å². The number of hydrogen-bond acceptors (Lipinski definition) is 7. The zero-order valence-electron chi connectivity index (χ0n) is 16.8. The van der Waals surface area contributed by atoms with Crippen LogP contribution in [-0.4, -0.2) is 50.0 Å². The van der Waals surface area contributed by atoms with E-state index in [1.54, 1.807) is 26.4 Å². The maximum atomic E-state index is 11.9. The second-order valence-corrected chi connectivity index (χ2v) is 6.25. The molecule has 154 valence electrons. The van der Waals surface area contributed by atoms with Crippen LogP contribution >= 0.6 is 0 Å². The molecule has 0 aliphatic carbocycles. The normalized spacial score (nSPS) is 10.7. The summed E-state index contributed by atoms with van der Waals surface area (Å²) in [6.07, 6.45) is 3.69. The van der Waals surface area contributed by atoms with Gasteiger partial charge in [0.2, 0.25) is 17.6 Å². The predicted octanol–water partition coefficient (Wildman–Crippen LogP) is 3.01. The van der Waals surface area contributed by atoms with E-state index >= 15 is 0 Å². The molecule has 8 nitrogen and oxygen atoms in total. The summed E-state index contributed by atoms with van der Waals surface area (Å²) in [4.78, 5) is 16.3. The van der Waals surface area contributed by atoms with E-state index in [1.807, 2.05) is 6.07 Å². The van der Waals surface area contributed by atoms with Crippen LogP contribution in [0.5, 0.6) is 11.5 Å². The molecule has 0 fully saturated rings. The Morgan fingerprint density at radius 1 is 1.14 bits per heavy atom. The highest BCUT2D eigenvalue weighted by Crippen LogP contribution is 2.31. The van der Waals surface area contributed by atoms with Crippen LogP contribution in [0.4, 0.5) is 0 Å². The highest BCUT2D eigenvalue weighted by Gasteiger charge is 2.13. The lowest BCUT2D eigenvalue weighted by Crippen LogP contribution is -2.25. The van der Waals surface area contributed by atoms with E-state index < -0.39 is 0 Å². The van der Waals surface area contributed by atoms with Gasteiger partial charge < -0.3 is 24.1 Å². The third-order valence-corrected chi connectivity index (χ3v) is 4.11. The van der Waals surface area contributed by atoms with Crippen molar-refractivity contribution < 1.29 is 23.5 Å². The Morgan fingerprint density at radius 2 is 1.93 bits per heavy atom. The minimum Gasteiger partial charge on any atom is -0.493 e. The van der Waals surface area contributed by atoms with Gasteiger partial charge in [-0.3, -0.25) is 4.79 Å². The number of rotatable bonds is 13. The number of nitrogens with zero attached hydrogens (tertiary/aromatic N) is 2. The molecule has 0 bridgehead atoms. The molecule has 1 aromatic carbocycles. The number of nitrogens with one attached hydrogen (secondary N) is 1. The first-order chi connectivity index (χ1) is 13.7. The first kappa shape index (κ1) is 21.7. The summed E-state index contributed by atoms with van der Waals surface area (Å²) in [5, 5.41) is 6.85. The van der Waals surface area contributed by atoms with Crippen molar-refractivity contribution in [1.82, 2.24) is 15.5 Å². The third kappa shape index (κ3) is 6.84. The fourth-order valence-corrected chi connectivity index (χ4v) is 2.51. The maximum absolute atomic E-state index is 11.9. The van der Waals surface area contributed by atoms with Crippen LogP contribution in [0, 0.1) is 0 Å². The Labute approximate surface area is 165 Å². The van der Waals surface area contributed by atoms with Gasteiger partial charge in [0.05, 0.1) is 14.2 Å². The monoisotopic (exact) mass is 391 g/mol. The van der Waals surface area contributed by atoms with Crippen molar-refractivity contribution >= 4 is 5.91 Å². The molecule has 0 atom stereocenters. The SMILES string of the molecule is CCCCOCCCNC(=O)CCc1nc(-c2ccc(OC)c(OC)c2)no1. The van der Waals surface area contributed by atoms with Gasteiger partial charge in [-0.15, -0.1) is 0 Å². The lowest BCUT2D eigenvalue weighted by atomic mass is 10.2. The number of hydrogen-bond donors (Lipinski definition) is 1. The van der Waals surface area contributed by atoms with Gasteiger partial charge in [-0.05, 0) is 31.0 Å². The Balaban J connectivity index is 1.75. The summed E-state index contributed by atoms with van der Waals surface area (Å²) in [5.41, 5.74) is 0.750. The number of unbranched alkanes of at least 4 members (excludes halogenated alkanes) is 1. The van der Waals surface area contributed by atoms with E-state index in [4.69, 9.17) is 18.7 Å². The van der Waals surface area contributed by atoms with Gasteiger partial charge in [-0.2, -0.15) is 4.98 Å². The number of ether oxygens (including phenoxy) is 3. The molecule has 1 heterocycles. The van der Waals surface area contributed by atoms with Crippen LogP contribution in [0.2, 0.25) is 0 Å². The van der Waals surface area contributed by atoms with E-state index in [2.05, 4.69) is 22.4 Å². The van der Waals surface area contributed by atoms with Crippen LogP contribution < -0.4 is 14.8 Å². The highest BCUT2D eigenvalue weighted by atomic mass is 16.5. The fourth-order valence-electron chi connectivity index (χ4n) is 2.51. The molecular formula is C20H29N3O5. The molecule has 1 aromatic heterocycles. The molecule has 1 N–H and O–H groups in total. The van der Waals surface area contributed by atoms with Crippen LogP contribution in [0.15, 0.2) is 22.7 Å². The Morgan fingerprint density at radius 3 is 2.68 bits per heavy atom. The molecule has 2 rings (SSSR count). The predicted molar refractivity (Wildman–Crippen MR) is 105 cm³/mol. The minimum atomic E-state index is -0.0422. The van der Waals surface area contributed by atoms with Gasteiger partial charge in [-0.25, -0.2) is 0 Å². The highest BCUT2D eigenvalue weighted by molar-refractivity contribution is 5.76. The van der Waals surface area contributed by atoms with E-state index in [0.29, 0.717) is 49.2 Å². The van der Waals surface area contributed by atoms with E-state index in [-0.39, 0.29) is 5.91 Å². The summed E-state index contributed by atoms with van der Waals surface area (Å²) in [7, 11) is 3.15. The molecule has 0 aliphatic heterocycles. The van der Waals surface area contributed by atoms with Gasteiger partial charge >= 0.3 is 0 Å². The fraction of sp³-hybridized carbons (Fsp3) is 0.550. The topological polar surface area (TPSA) is 95.7 Å². The van der Waals surface area contributed by atoms with Crippen molar-refractivity contribution in [1.29, 1.82) is 0 Å². The number of amides is 1. The Kier molecular flexibility index (Phi) is 9.27. The number of methoxy groups -OCH3 is 2. The molecular weight excluding hydrogens is 362 g/mol. The summed E-state index contributed by atoms with van der Waals surface area (Å²) >= 11 is 0. The summed E-state index contributed by atoms with van der Waals surface area (Å²) in [6.45, 7) is 4.18. The zero-order valence-corrected chi connectivity index (χ0v) is 16.8. The second kappa shape index (κ2) is 12.0. The molecule has 0 unspecified atom stereocenters.